The molecule has 1 heterocycles. The lowest BCUT2D eigenvalue weighted by atomic mass is 9.85. The summed E-state index contributed by atoms with van der Waals surface area (Å²) in [5.74, 6) is -2.74. The third-order valence-electron chi connectivity index (χ3n) is 5.80. The number of piperidine rings is 1. The van der Waals surface area contributed by atoms with Gasteiger partial charge in [-0.2, -0.15) is 26.3 Å². The Morgan fingerprint density at radius 1 is 0.974 bits per heavy atom. The predicted octanol–water partition coefficient (Wildman–Crippen LogP) is 7.04. The van der Waals surface area contributed by atoms with E-state index in [4.69, 9.17) is 16.3 Å². The van der Waals surface area contributed by atoms with Gasteiger partial charge in [0.1, 0.15) is 11.4 Å². The predicted molar refractivity (Wildman–Crippen MR) is 124 cm³/mol. The van der Waals surface area contributed by atoms with Gasteiger partial charge >= 0.3 is 18.4 Å². The van der Waals surface area contributed by atoms with Gasteiger partial charge < -0.3 is 15.0 Å². The van der Waals surface area contributed by atoms with Gasteiger partial charge in [-0.1, -0.05) is 17.7 Å². The minimum absolute atomic E-state index is 0.0584. The molecule has 2 aromatic carbocycles. The van der Waals surface area contributed by atoms with E-state index in [1.54, 1.807) is 20.8 Å². The summed E-state index contributed by atoms with van der Waals surface area (Å²) in [6.07, 6.45) is -10.9. The van der Waals surface area contributed by atoms with E-state index in [2.05, 4.69) is 5.32 Å². The number of carbonyl (C=O) groups excluding carboxylic acids is 2. The van der Waals surface area contributed by atoms with Gasteiger partial charge in [0.25, 0.3) is 5.91 Å². The smallest absolute Gasteiger partial charge is 0.416 e. The van der Waals surface area contributed by atoms with E-state index >= 15 is 0 Å². The summed E-state index contributed by atoms with van der Waals surface area (Å²) >= 11 is 5.76. The molecule has 2 aromatic rings. The van der Waals surface area contributed by atoms with Gasteiger partial charge in [0, 0.05) is 30.6 Å². The van der Waals surface area contributed by atoms with E-state index < -0.39 is 64.4 Å². The quantitative estimate of drug-likeness (QED) is 0.404. The van der Waals surface area contributed by atoms with Crippen molar-refractivity contribution in [1.29, 1.82) is 0 Å². The van der Waals surface area contributed by atoms with Crippen LogP contribution < -0.4 is 5.32 Å². The molecular formula is C25H24ClF7N2O3. The molecule has 38 heavy (non-hydrogen) atoms. The molecule has 0 aliphatic carbocycles. The average Bonchev–Trinajstić information content (AvgIpc) is 2.78. The van der Waals surface area contributed by atoms with Crippen molar-refractivity contribution in [3.8, 4) is 0 Å². The average molecular weight is 569 g/mol. The topological polar surface area (TPSA) is 58.6 Å². The standard InChI is InChI=1S/C25H24ClF7N2O3/c1-23(2,3)38-22(37)35-7-6-20(17(12-35)13-4-5-18(26)19(27)10-13)34-21(36)14-8-15(24(28,29)30)11-16(9-14)25(31,32)33/h4-5,8-11,17,20H,6-7,12H2,1-3H3,(H,34,36)/t17-,20+/m0/s1. The second-order valence-corrected chi connectivity index (χ2v) is 10.3. The van der Waals surface area contributed by atoms with Crippen LogP contribution >= 0.6 is 11.6 Å². The number of alkyl halides is 6. The molecule has 0 unspecified atom stereocenters. The van der Waals surface area contributed by atoms with Crippen molar-refractivity contribution in [2.24, 2.45) is 0 Å². The molecule has 2 amide bonds. The van der Waals surface area contributed by atoms with Crippen molar-refractivity contribution in [2.75, 3.05) is 13.1 Å². The van der Waals surface area contributed by atoms with Crippen molar-refractivity contribution >= 4 is 23.6 Å². The summed E-state index contributed by atoms with van der Waals surface area (Å²) in [7, 11) is 0. The van der Waals surface area contributed by atoms with Gasteiger partial charge in [-0.3, -0.25) is 4.79 Å². The fraction of sp³-hybridized carbons (Fsp3) is 0.440. The molecule has 0 bridgehead atoms. The number of hydrogen-bond donors (Lipinski definition) is 1. The molecule has 13 heteroatoms. The first-order chi connectivity index (χ1) is 17.3. The molecule has 3 rings (SSSR count). The molecule has 0 saturated carbocycles. The Morgan fingerprint density at radius 2 is 1.55 bits per heavy atom. The Hall–Kier alpha value is -3.02. The number of likely N-dealkylation sites (tertiary alicyclic amines) is 1. The lowest BCUT2D eigenvalue weighted by Gasteiger charge is -2.39. The SMILES string of the molecule is CC(C)(C)OC(=O)N1CC[C@@H](NC(=O)c2cc(C(F)(F)F)cc(C(F)(F)F)c2)[C@H](c2ccc(Cl)c(F)c2)C1. The number of halogens is 8. The van der Waals surface area contributed by atoms with Crippen molar-refractivity contribution in [2.45, 2.75) is 57.1 Å². The molecule has 0 aromatic heterocycles. The van der Waals surface area contributed by atoms with E-state index in [-0.39, 0.29) is 30.6 Å². The lowest BCUT2D eigenvalue weighted by Crippen LogP contribution is -2.52. The fourth-order valence-corrected chi connectivity index (χ4v) is 4.15. The van der Waals surface area contributed by atoms with Gasteiger partial charge in [0.15, 0.2) is 0 Å². The Bertz CT molecular complexity index is 1180. The number of benzene rings is 2. The third-order valence-corrected chi connectivity index (χ3v) is 6.11. The maximum atomic E-state index is 14.2. The zero-order valence-corrected chi connectivity index (χ0v) is 21.2. The summed E-state index contributed by atoms with van der Waals surface area (Å²) in [5.41, 5.74) is -4.61. The van der Waals surface area contributed by atoms with Crippen LogP contribution in [0.5, 0.6) is 0 Å². The number of rotatable bonds is 3. The van der Waals surface area contributed by atoms with Crippen LogP contribution in [0.2, 0.25) is 5.02 Å². The van der Waals surface area contributed by atoms with E-state index in [0.717, 1.165) is 6.07 Å². The second kappa shape index (κ2) is 10.6. The van der Waals surface area contributed by atoms with Crippen LogP contribution in [-0.2, 0) is 17.1 Å². The van der Waals surface area contributed by atoms with Crippen LogP contribution in [0, 0.1) is 5.82 Å². The Balaban J connectivity index is 1.94. The van der Waals surface area contributed by atoms with Crippen molar-refractivity contribution in [1.82, 2.24) is 10.2 Å². The number of hydrogen-bond acceptors (Lipinski definition) is 3. The number of amides is 2. The molecule has 2 atom stereocenters. The Morgan fingerprint density at radius 3 is 2.05 bits per heavy atom. The minimum atomic E-state index is -5.13. The summed E-state index contributed by atoms with van der Waals surface area (Å²) in [6, 6.07) is 3.53. The maximum absolute atomic E-state index is 14.2. The van der Waals surface area contributed by atoms with Crippen molar-refractivity contribution in [3.63, 3.8) is 0 Å². The van der Waals surface area contributed by atoms with Crippen LogP contribution in [-0.4, -0.2) is 41.6 Å². The second-order valence-electron chi connectivity index (χ2n) is 9.87. The van der Waals surface area contributed by atoms with Gasteiger partial charge in [-0.05, 0) is 63.1 Å². The van der Waals surface area contributed by atoms with E-state index in [9.17, 15) is 40.3 Å². The number of ether oxygens (including phenoxy) is 1. The van der Waals surface area contributed by atoms with Gasteiger partial charge in [-0.25, -0.2) is 9.18 Å². The first-order valence-corrected chi connectivity index (χ1v) is 11.8. The molecule has 0 radical (unpaired) electrons. The summed E-state index contributed by atoms with van der Waals surface area (Å²) < 4.78 is 99.1. The van der Waals surface area contributed by atoms with Gasteiger partial charge in [-0.15, -0.1) is 0 Å². The molecule has 1 aliphatic heterocycles. The molecular weight excluding hydrogens is 545 g/mol. The first kappa shape index (κ1) is 29.5. The van der Waals surface area contributed by atoms with E-state index in [1.165, 1.54) is 17.0 Å². The number of nitrogens with zero attached hydrogens (tertiary/aromatic N) is 1. The molecule has 1 fully saturated rings. The van der Waals surface area contributed by atoms with Crippen molar-refractivity contribution < 1.29 is 45.1 Å². The molecule has 208 valence electrons. The summed E-state index contributed by atoms with van der Waals surface area (Å²) in [4.78, 5) is 26.9. The monoisotopic (exact) mass is 568 g/mol. The normalized spacial score (nSPS) is 18.8. The third kappa shape index (κ3) is 7.30. The summed E-state index contributed by atoms with van der Waals surface area (Å²) in [6.45, 7) is 4.97. The zero-order valence-electron chi connectivity index (χ0n) is 20.4. The highest BCUT2D eigenvalue weighted by atomic mass is 35.5. The van der Waals surface area contributed by atoms with Gasteiger partial charge in [0.05, 0.1) is 16.1 Å². The van der Waals surface area contributed by atoms with Crippen LogP contribution in [0.25, 0.3) is 0 Å². The Labute approximate surface area is 218 Å². The van der Waals surface area contributed by atoms with Crippen LogP contribution in [0.15, 0.2) is 36.4 Å². The highest BCUT2D eigenvalue weighted by Crippen LogP contribution is 2.37. The highest BCUT2D eigenvalue weighted by Gasteiger charge is 2.39. The number of carbonyl (C=O) groups is 2. The molecule has 5 nitrogen and oxygen atoms in total. The maximum Gasteiger partial charge on any atom is 0.416 e. The van der Waals surface area contributed by atoms with Crippen LogP contribution in [0.4, 0.5) is 35.5 Å². The first-order valence-electron chi connectivity index (χ1n) is 11.4. The zero-order chi connectivity index (χ0) is 28.6. The Kier molecular flexibility index (Phi) is 8.26. The lowest BCUT2D eigenvalue weighted by molar-refractivity contribution is -0.143. The molecule has 0 spiro atoms. The fourth-order valence-electron chi connectivity index (χ4n) is 4.04. The van der Waals surface area contributed by atoms with E-state index in [1.807, 2.05) is 0 Å². The molecule has 1 aliphatic rings. The molecule has 1 N–H and O–H groups in total. The number of nitrogens with one attached hydrogen (secondary N) is 1. The van der Waals surface area contributed by atoms with Crippen molar-refractivity contribution in [3.05, 3.63) is 69.5 Å². The van der Waals surface area contributed by atoms with Crippen LogP contribution in [0.1, 0.15) is 60.2 Å². The largest absolute Gasteiger partial charge is 0.444 e. The highest BCUT2D eigenvalue weighted by molar-refractivity contribution is 6.30. The van der Waals surface area contributed by atoms with Crippen LogP contribution in [0.3, 0.4) is 0 Å². The van der Waals surface area contributed by atoms with E-state index in [0.29, 0.717) is 17.7 Å². The molecule has 1 saturated heterocycles. The minimum Gasteiger partial charge on any atom is -0.444 e. The van der Waals surface area contributed by atoms with Gasteiger partial charge in [0.2, 0.25) is 0 Å². The summed E-state index contributed by atoms with van der Waals surface area (Å²) in [5, 5.41) is 2.29.